The van der Waals surface area contributed by atoms with Gasteiger partial charge in [0.1, 0.15) is 0 Å². The average molecular weight is 280 g/mol. The van der Waals surface area contributed by atoms with Gasteiger partial charge in [-0.3, -0.25) is 9.48 Å². The molecule has 6 heteroatoms. The van der Waals surface area contributed by atoms with Crippen molar-refractivity contribution in [2.24, 2.45) is 7.05 Å². The molecule has 0 spiro atoms. The normalized spacial score (nSPS) is 24.4. The van der Waals surface area contributed by atoms with Crippen LogP contribution < -0.4 is 5.32 Å². The maximum atomic E-state index is 12.0. The second-order valence-corrected chi connectivity index (χ2v) is 5.37. The average Bonchev–Trinajstić information content (AvgIpc) is 2.92. The molecule has 0 radical (unpaired) electrons. The summed E-state index contributed by atoms with van der Waals surface area (Å²) in [5.41, 5.74) is 1.06. The van der Waals surface area contributed by atoms with Crippen molar-refractivity contribution < 1.29 is 9.53 Å². The van der Waals surface area contributed by atoms with Crippen molar-refractivity contribution in [1.82, 2.24) is 20.0 Å². The number of likely N-dealkylation sites (tertiary alicyclic amines) is 1. The van der Waals surface area contributed by atoms with Gasteiger partial charge in [-0.2, -0.15) is 5.10 Å². The minimum Gasteiger partial charge on any atom is -0.380 e. The van der Waals surface area contributed by atoms with Crippen LogP contribution in [0.1, 0.15) is 32.0 Å². The quantitative estimate of drug-likeness (QED) is 0.833. The van der Waals surface area contributed by atoms with Gasteiger partial charge in [-0.1, -0.05) is 0 Å². The summed E-state index contributed by atoms with van der Waals surface area (Å²) < 4.78 is 7.27. The zero-order valence-electron chi connectivity index (χ0n) is 12.7. The highest BCUT2D eigenvalue weighted by Gasteiger charge is 2.40. The summed E-state index contributed by atoms with van der Waals surface area (Å²) in [6, 6.07) is 2.31. The van der Waals surface area contributed by atoms with Crippen molar-refractivity contribution in [2.45, 2.75) is 38.4 Å². The van der Waals surface area contributed by atoms with Crippen LogP contribution in [0.4, 0.5) is 0 Å². The van der Waals surface area contributed by atoms with Gasteiger partial charge in [-0.05, 0) is 19.9 Å². The highest BCUT2D eigenvalue weighted by molar-refractivity contribution is 5.80. The Morgan fingerprint density at radius 1 is 1.55 bits per heavy atom. The van der Waals surface area contributed by atoms with E-state index in [2.05, 4.69) is 17.3 Å². The van der Waals surface area contributed by atoms with E-state index < -0.39 is 0 Å². The van der Waals surface area contributed by atoms with Gasteiger partial charge >= 0.3 is 0 Å². The van der Waals surface area contributed by atoms with Crippen molar-refractivity contribution >= 4 is 5.91 Å². The zero-order chi connectivity index (χ0) is 14.7. The lowest BCUT2D eigenvalue weighted by molar-refractivity contribution is -0.127. The number of carbonyl (C=O) groups excluding carboxylic acids is 1. The molecule has 0 bridgehead atoms. The van der Waals surface area contributed by atoms with Crippen LogP contribution in [-0.2, 0) is 16.6 Å². The molecule has 0 saturated carbocycles. The molecular formula is C14H24N4O2. The number of nitrogens with one attached hydrogen (secondary N) is 1. The molecule has 3 atom stereocenters. The van der Waals surface area contributed by atoms with Crippen LogP contribution in [0.5, 0.6) is 0 Å². The molecule has 2 heterocycles. The fourth-order valence-corrected chi connectivity index (χ4v) is 2.81. The van der Waals surface area contributed by atoms with Crippen molar-refractivity contribution in [3.63, 3.8) is 0 Å². The van der Waals surface area contributed by atoms with Gasteiger partial charge in [-0.25, -0.2) is 0 Å². The molecule has 20 heavy (non-hydrogen) atoms. The molecule has 1 aliphatic heterocycles. The van der Waals surface area contributed by atoms with Crippen molar-refractivity contribution in [3.8, 4) is 0 Å². The number of amides is 1. The highest BCUT2D eigenvalue weighted by atomic mass is 16.5. The summed E-state index contributed by atoms with van der Waals surface area (Å²) in [5.74, 6) is 0.164. The molecule has 0 aromatic carbocycles. The summed E-state index contributed by atoms with van der Waals surface area (Å²) in [6.07, 6.45) is 2.29. The lowest BCUT2D eigenvalue weighted by atomic mass is 10.0. The van der Waals surface area contributed by atoms with E-state index in [0.717, 1.165) is 5.69 Å². The van der Waals surface area contributed by atoms with Gasteiger partial charge in [0.05, 0.1) is 18.3 Å². The van der Waals surface area contributed by atoms with Gasteiger partial charge in [0.15, 0.2) is 0 Å². The van der Waals surface area contributed by atoms with Crippen LogP contribution >= 0.6 is 0 Å². The number of ether oxygens (including phenoxy) is 1. The summed E-state index contributed by atoms with van der Waals surface area (Å²) in [7, 11) is 3.77. The molecular weight excluding hydrogens is 256 g/mol. The minimum absolute atomic E-state index is 0.0269. The van der Waals surface area contributed by atoms with Gasteiger partial charge in [0.25, 0.3) is 0 Å². The molecule has 112 valence electrons. The van der Waals surface area contributed by atoms with Gasteiger partial charge in [-0.15, -0.1) is 0 Å². The molecule has 6 nitrogen and oxygen atoms in total. The Bertz CT molecular complexity index is 460. The third kappa shape index (κ3) is 3.02. The number of hydrogen-bond acceptors (Lipinski definition) is 4. The third-order valence-corrected chi connectivity index (χ3v) is 3.82. The lowest BCUT2D eigenvalue weighted by Gasteiger charge is -2.28. The van der Waals surface area contributed by atoms with E-state index in [1.807, 2.05) is 36.7 Å². The van der Waals surface area contributed by atoms with Crippen LogP contribution in [-0.4, -0.2) is 52.9 Å². The molecule has 1 aromatic heterocycles. The Hall–Kier alpha value is -1.40. The molecule has 1 N–H and O–H groups in total. The Morgan fingerprint density at radius 3 is 2.90 bits per heavy atom. The lowest BCUT2D eigenvalue weighted by Crippen LogP contribution is -2.42. The summed E-state index contributed by atoms with van der Waals surface area (Å²) in [4.78, 5) is 13.8. The summed E-state index contributed by atoms with van der Waals surface area (Å²) in [6.45, 7) is 5.43. The van der Waals surface area contributed by atoms with E-state index in [4.69, 9.17) is 4.74 Å². The van der Waals surface area contributed by atoms with Crippen molar-refractivity contribution in [2.75, 3.05) is 20.3 Å². The predicted molar refractivity (Wildman–Crippen MR) is 76.2 cm³/mol. The first-order valence-electron chi connectivity index (χ1n) is 7.12. The van der Waals surface area contributed by atoms with E-state index in [1.54, 1.807) is 6.20 Å². The number of aromatic nitrogens is 2. The second kappa shape index (κ2) is 6.37. The first kappa shape index (κ1) is 15.0. The summed E-state index contributed by atoms with van der Waals surface area (Å²) in [5, 5.41) is 7.72. The number of likely N-dealkylation sites (N-methyl/N-ethyl adjacent to an activating group) is 1. The smallest absolute Gasteiger partial charge is 0.224 e. The fourth-order valence-electron chi connectivity index (χ4n) is 2.81. The Kier molecular flexibility index (Phi) is 4.77. The van der Waals surface area contributed by atoms with Crippen molar-refractivity contribution in [3.05, 3.63) is 18.0 Å². The van der Waals surface area contributed by atoms with Crippen LogP contribution in [0.2, 0.25) is 0 Å². The number of rotatable bonds is 6. The van der Waals surface area contributed by atoms with Gasteiger partial charge in [0, 0.05) is 45.4 Å². The second-order valence-electron chi connectivity index (χ2n) is 5.37. The van der Waals surface area contributed by atoms with E-state index in [-0.39, 0.29) is 24.0 Å². The maximum absolute atomic E-state index is 12.0. The first-order chi connectivity index (χ1) is 9.54. The standard InChI is InChI=1S/C14H24N4O2/c1-5-20-9-10(2)16-11-8-13(19)17(3)14(11)12-6-7-15-18(12)4/h6-7,10-11,14,16H,5,8-9H2,1-4H3/t10-,11+,14+/m0/s1. The van der Waals surface area contributed by atoms with E-state index >= 15 is 0 Å². The molecule has 1 amide bonds. The first-order valence-corrected chi connectivity index (χ1v) is 7.12. The maximum Gasteiger partial charge on any atom is 0.224 e. The fraction of sp³-hybridized carbons (Fsp3) is 0.714. The highest BCUT2D eigenvalue weighted by Crippen LogP contribution is 2.31. The SMILES string of the molecule is CCOC[C@H](C)N[C@@H]1CC(=O)N(C)[C@H]1c1ccnn1C. The number of hydrogen-bond donors (Lipinski definition) is 1. The largest absolute Gasteiger partial charge is 0.380 e. The Balaban J connectivity index is 2.10. The molecule has 0 unspecified atom stereocenters. The van der Waals surface area contributed by atoms with E-state index in [9.17, 15) is 4.79 Å². The number of aryl methyl sites for hydroxylation is 1. The van der Waals surface area contributed by atoms with Gasteiger partial charge < -0.3 is 15.0 Å². The Morgan fingerprint density at radius 2 is 2.30 bits per heavy atom. The van der Waals surface area contributed by atoms with Crippen LogP contribution in [0.15, 0.2) is 12.3 Å². The zero-order valence-corrected chi connectivity index (χ0v) is 12.7. The van der Waals surface area contributed by atoms with Crippen LogP contribution in [0.25, 0.3) is 0 Å². The molecule has 2 rings (SSSR count). The molecule has 1 fully saturated rings. The number of carbonyl (C=O) groups is 1. The molecule has 1 aromatic rings. The molecule has 1 saturated heterocycles. The topological polar surface area (TPSA) is 59.4 Å². The van der Waals surface area contributed by atoms with Gasteiger partial charge in [0.2, 0.25) is 5.91 Å². The monoisotopic (exact) mass is 280 g/mol. The minimum atomic E-state index is 0.0269. The predicted octanol–water partition coefficient (Wildman–Crippen LogP) is 0.706. The van der Waals surface area contributed by atoms with Crippen molar-refractivity contribution in [1.29, 1.82) is 0 Å². The van der Waals surface area contributed by atoms with Crippen LogP contribution in [0.3, 0.4) is 0 Å². The van der Waals surface area contributed by atoms with E-state index in [1.165, 1.54) is 0 Å². The van der Waals surface area contributed by atoms with E-state index in [0.29, 0.717) is 19.6 Å². The molecule has 0 aliphatic carbocycles. The third-order valence-electron chi connectivity index (χ3n) is 3.82. The van der Waals surface area contributed by atoms with Crippen LogP contribution in [0, 0.1) is 0 Å². The number of nitrogens with zero attached hydrogens (tertiary/aromatic N) is 3. The summed E-state index contributed by atoms with van der Waals surface area (Å²) >= 11 is 0. The molecule has 1 aliphatic rings. The Labute approximate surface area is 120 Å².